The number of aliphatic hydroxyl groups is 1. The Morgan fingerprint density at radius 3 is 2.95 bits per heavy atom. The summed E-state index contributed by atoms with van der Waals surface area (Å²) in [5.41, 5.74) is 2.93. The van der Waals surface area contributed by atoms with Gasteiger partial charge in [0.25, 0.3) is 5.91 Å². The van der Waals surface area contributed by atoms with Gasteiger partial charge in [-0.25, -0.2) is 0 Å². The number of carbonyl (C=O) groups excluding carboxylic acids is 1. The molecule has 1 aliphatic carbocycles. The maximum absolute atomic E-state index is 12.7. The molecule has 1 spiro atoms. The third-order valence-corrected chi connectivity index (χ3v) is 5.23. The summed E-state index contributed by atoms with van der Waals surface area (Å²) in [5.74, 6) is 0.0242. The molecular formula is C17H21NO3. The van der Waals surface area contributed by atoms with Crippen LogP contribution in [0.25, 0.3) is 0 Å². The topological polar surface area (TPSA) is 49.8 Å². The van der Waals surface area contributed by atoms with Crippen LogP contribution < -0.4 is 0 Å². The summed E-state index contributed by atoms with van der Waals surface area (Å²) < 4.78 is 5.76. The molecule has 2 atom stereocenters. The Morgan fingerprint density at radius 1 is 1.29 bits per heavy atom. The molecule has 21 heavy (non-hydrogen) atoms. The molecule has 1 amide bonds. The minimum Gasteiger partial charge on any atom is -0.388 e. The monoisotopic (exact) mass is 287 g/mol. The van der Waals surface area contributed by atoms with Gasteiger partial charge in [-0.15, -0.1) is 0 Å². The van der Waals surface area contributed by atoms with Crippen molar-refractivity contribution >= 4 is 5.91 Å². The van der Waals surface area contributed by atoms with Gasteiger partial charge >= 0.3 is 0 Å². The molecule has 3 aliphatic rings. The molecule has 0 bridgehead atoms. The van der Waals surface area contributed by atoms with Crippen molar-refractivity contribution in [2.24, 2.45) is 0 Å². The zero-order chi connectivity index (χ0) is 14.4. The molecule has 1 N–H and O–H groups in total. The number of aliphatic hydroxyl groups excluding tert-OH is 1. The second-order valence-corrected chi connectivity index (χ2v) is 6.56. The summed E-state index contributed by atoms with van der Waals surface area (Å²) in [6.07, 6.45) is 4.65. The van der Waals surface area contributed by atoms with Crippen molar-refractivity contribution in [2.45, 2.75) is 43.8 Å². The number of hydrogen-bond acceptors (Lipinski definition) is 3. The first-order valence-electron chi connectivity index (χ1n) is 7.91. The molecule has 0 radical (unpaired) electrons. The van der Waals surface area contributed by atoms with E-state index in [1.54, 1.807) is 4.90 Å². The number of nitrogens with zero attached hydrogens (tertiary/aromatic N) is 1. The molecule has 112 valence electrons. The first-order valence-corrected chi connectivity index (χ1v) is 7.91. The first-order chi connectivity index (χ1) is 10.2. The zero-order valence-corrected chi connectivity index (χ0v) is 12.2. The Kier molecular flexibility index (Phi) is 3.05. The van der Waals surface area contributed by atoms with Gasteiger partial charge in [-0.2, -0.15) is 0 Å². The molecule has 1 aromatic carbocycles. The lowest BCUT2D eigenvalue weighted by Crippen LogP contribution is -2.41. The van der Waals surface area contributed by atoms with Gasteiger partial charge in [0, 0.05) is 18.7 Å². The Morgan fingerprint density at radius 2 is 2.14 bits per heavy atom. The fourth-order valence-electron chi connectivity index (χ4n) is 4.02. The Balaban J connectivity index is 1.55. The van der Waals surface area contributed by atoms with Gasteiger partial charge in [0.1, 0.15) is 11.7 Å². The zero-order valence-electron chi connectivity index (χ0n) is 12.2. The van der Waals surface area contributed by atoms with E-state index in [-0.39, 0.29) is 5.91 Å². The molecule has 2 heterocycles. The maximum atomic E-state index is 12.7. The Bertz CT molecular complexity index is 577. The van der Waals surface area contributed by atoms with E-state index in [4.69, 9.17) is 4.74 Å². The van der Waals surface area contributed by atoms with Crippen LogP contribution in [0, 0.1) is 0 Å². The van der Waals surface area contributed by atoms with Crippen LogP contribution in [0.4, 0.5) is 0 Å². The number of aryl methyl sites for hydroxylation is 2. The predicted octanol–water partition coefficient (Wildman–Crippen LogP) is 1.54. The average Bonchev–Trinajstić information content (AvgIpc) is 3.20. The second-order valence-electron chi connectivity index (χ2n) is 6.56. The number of carbonyl (C=O) groups is 1. The molecule has 4 rings (SSSR count). The highest BCUT2D eigenvalue weighted by Gasteiger charge is 2.50. The number of amides is 1. The van der Waals surface area contributed by atoms with Crippen LogP contribution in [-0.4, -0.2) is 47.3 Å². The van der Waals surface area contributed by atoms with Crippen molar-refractivity contribution in [1.82, 2.24) is 4.90 Å². The molecule has 2 aliphatic heterocycles. The molecule has 2 fully saturated rings. The van der Waals surface area contributed by atoms with E-state index in [1.807, 2.05) is 12.1 Å². The van der Waals surface area contributed by atoms with Crippen LogP contribution in [0.15, 0.2) is 18.2 Å². The summed E-state index contributed by atoms with van der Waals surface area (Å²) in [6.45, 7) is 1.60. The fraction of sp³-hybridized carbons (Fsp3) is 0.588. The number of hydrogen-bond donors (Lipinski definition) is 1. The summed E-state index contributed by atoms with van der Waals surface area (Å²) >= 11 is 0. The molecule has 0 saturated carbocycles. The van der Waals surface area contributed by atoms with Crippen LogP contribution in [0.2, 0.25) is 0 Å². The van der Waals surface area contributed by atoms with E-state index in [2.05, 4.69) is 6.07 Å². The van der Waals surface area contributed by atoms with E-state index in [0.717, 1.165) is 31.2 Å². The Hall–Kier alpha value is -1.39. The van der Waals surface area contributed by atoms with Crippen LogP contribution >= 0.6 is 0 Å². The summed E-state index contributed by atoms with van der Waals surface area (Å²) in [4.78, 5) is 14.4. The molecular weight excluding hydrogens is 266 g/mol. The molecule has 0 aromatic heterocycles. The van der Waals surface area contributed by atoms with Crippen LogP contribution in [0.3, 0.4) is 0 Å². The van der Waals surface area contributed by atoms with Crippen molar-refractivity contribution in [2.75, 3.05) is 19.7 Å². The van der Waals surface area contributed by atoms with Gasteiger partial charge < -0.3 is 14.7 Å². The van der Waals surface area contributed by atoms with Crippen molar-refractivity contribution < 1.29 is 14.6 Å². The van der Waals surface area contributed by atoms with Crippen molar-refractivity contribution in [3.63, 3.8) is 0 Å². The van der Waals surface area contributed by atoms with Crippen LogP contribution in [0.1, 0.15) is 40.7 Å². The lowest BCUT2D eigenvalue weighted by molar-refractivity contribution is -0.0590. The van der Waals surface area contributed by atoms with Crippen LogP contribution in [0.5, 0.6) is 0 Å². The third kappa shape index (κ3) is 2.09. The largest absolute Gasteiger partial charge is 0.388 e. The van der Waals surface area contributed by atoms with E-state index in [9.17, 15) is 9.90 Å². The average molecular weight is 287 g/mol. The SMILES string of the molecule is O=C(c1ccc2c(c1)CCC2)N1C[C@H](O)[C@]2(CCCO2)C1. The molecule has 4 heteroatoms. The highest BCUT2D eigenvalue weighted by molar-refractivity contribution is 5.95. The summed E-state index contributed by atoms with van der Waals surface area (Å²) in [7, 11) is 0. The Labute approximate surface area is 124 Å². The minimum atomic E-state index is -0.557. The summed E-state index contributed by atoms with van der Waals surface area (Å²) in [5, 5.41) is 10.3. The van der Waals surface area contributed by atoms with Crippen molar-refractivity contribution in [3.8, 4) is 0 Å². The highest BCUT2D eigenvalue weighted by atomic mass is 16.5. The van der Waals surface area contributed by atoms with E-state index >= 15 is 0 Å². The number of β-amino-alcohol motifs (C(OH)–C–C–N with tert-alkyl or cyclic N) is 1. The first kappa shape index (κ1) is 13.3. The fourth-order valence-corrected chi connectivity index (χ4v) is 4.02. The number of benzene rings is 1. The van der Waals surface area contributed by atoms with Gasteiger partial charge in [-0.05, 0) is 55.4 Å². The van der Waals surface area contributed by atoms with Gasteiger partial charge in [0.15, 0.2) is 0 Å². The molecule has 2 saturated heterocycles. The van der Waals surface area contributed by atoms with Gasteiger partial charge in [-0.3, -0.25) is 4.79 Å². The molecule has 4 nitrogen and oxygen atoms in total. The number of likely N-dealkylation sites (tertiary alicyclic amines) is 1. The van der Waals surface area contributed by atoms with Crippen molar-refractivity contribution in [1.29, 1.82) is 0 Å². The minimum absolute atomic E-state index is 0.0242. The van der Waals surface area contributed by atoms with Gasteiger partial charge in [-0.1, -0.05) is 6.07 Å². The standard InChI is InChI=1S/C17H21NO3/c19-15-10-18(11-17(15)7-2-8-21-17)16(20)14-6-5-12-3-1-4-13(12)9-14/h5-6,9,15,19H,1-4,7-8,10-11H2/t15-,17-/m0/s1. The smallest absolute Gasteiger partial charge is 0.254 e. The van der Waals surface area contributed by atoms with Gasteiger partial charge in [0.2, 0.25) is 0 Å². The number of fused-ring (bicyclic) bond motifs is 1. The second kappa shape index (κ2) is 4.82. The van der Waals surface area contributed by atoms with Crippen molar-refractivity contribution in [3.05, 3.63) is 34.9 Å². The normalized spacial score (nSPS) is 31.1. The van der Waals surface area contributed by atoms with E-state index in [1.165, 1.54) is 17.5 Å². The molecule has 0 unspecified atom stereocenters. The maximum Gasteiger partial charge on any atom is 0.254 e. The number of ether oxygens (including phenoxy) is 1. The quantitative estimate of drug-likeness (QED) is 0.852. The number of rotatable bonds is 1. The lowest BCUT2D eigenvalue weighted by atomic mass is 9.97. The van der Waals surface area contributed by atoms with Gasteiger partial charge in [0.05, 0.1) is 6.54 Å². The summed E-state index contributed by atoms with van der Waals surface area (Å²) in [6, 6.07) is 6.06. The third-order valence-electron chi connectivity index (χ3n) is 5.23. The van der Waals surface area contributed by atoms with E-state index < -0.39 is 11.7 Å². The lowest BCUT2D eigenvalue weighted by Gasteiger charge is -2.25. The molecule has 1 aromatic rings. The van der Waals surface area contributed by atoms with Crippen LogP contribution in [-0.2, 0) is 17.6 Å². The highest BCUT2D eigenvalue weighted by Crippen LogP contribution is 2.36. The van der Waals surface area contributed by atoms with E-state index in [0.29, 0.717) is 19.7 Å². The predicted molar refractivity (Wildman–Crippen MR) is 78.3 cm³/mol.